The van der Waals surface area contributed by atoms with E-state index in [1.165, 1.54) is 25.3 Å². The van der Waals surface area contributed by atoms with Crippen LogP contribution in [-0.4, -0.2) is 68.8 Å². The number of fused-ring (bicyclic) bond motifs is 1. The van der Waals surface area contributed by atoms with Gasteiger partial charge in [-0.15, -0.1) is 0 Å². The van der Waals surface area contributed by atoms with Crippen LogP contribution in [0, 0.1) is 11.7 Å². The number of carbonyl (C=O) groups excluding carboxylic acids is 3. The molecule has 2 heterocycles. The molecule has 2 aliphatic rings. The van der Waals surface area contributed by atoms with E-state index in [4.69, 9.17) is 14.2 Å². The number of ether oxygens (including phenoxy) is 3. The fourth-order valence-corrected chi connectivity index (χ4v) is 4.29. The molecule has 4 rings (SSSR count). The van der Waals surface area contributed by atoms with Crippen molar-refractivity contribution in [1.29, 1.82) is 0 Å². The van der Waals surface area contributed by atoms with Crippen molar-refractivity contribution >= 4 is 17.7 Å². The van der Waals surface area contributed by atoms with Gasteiger partial charge in [0.05, 0.1) is 6.61 Å². The molecule has 1 atom stereocenters. The summed E-state index contributed by atoms with van der Waals surface area (Å²) in [6.07, 6.45) is 1.01. The summed E-state index contributed by atoms with van der Waals surface area (Å²) in [6.45, 7) is 1.53. The molecule has 0 unspecified atom stereocenters. The molecule has 0 aliphatic carbocycles. The molecule has 2 aromatic carbocycles. The van der Waals surface area contributed by atoms with Crippen LogP contribution in [0.5, 0.6) is 11.5 Å². The second-order valence-corrected chi connectivity index (χ2v) is 8.44. The van der Waals surface area contributed by atoms with Crippen molar-refractivity contribution in [1.82, 2.24) is 15.5 Å². The number of nitrogens with one attached hydrogen (secondary N) is 2. The lowest BCUT2D eigenvalue weighted by molar-refractivity contribution is -0.124. The zero-order chi connectivity index (χ0) is 24.8. The van der Waals surface area contributed by atoms with Gasteiger partial charge in [0.25, 0.3) is 11.8 Å². The number of likely N-dealkylation sites (tertiary alicyclic amines) is 1. The summed E-state index contributed by atoms with van der Waals surface area (Å²) in [4.78, 5) is 40.4. The Bertz CT molecular complexity index is 1090. The fraction of sp³-hybridized carbons (Fsp3) is 0.400. The zero-order valence-electron chi connectivity index (χ0n) is 19.4. The Labute approximate surface area is 202 Å². The van der Waals surface area contributed by atoms with E-state index in [0.29, 0.717) is 56.1 Å². The predicted molar refractivity (Wildman–Crippen MR) is 124 cm³/mol. The van der Waals surface area contributed by atoms with Gasteiger partial charge in [-0.3, -0.25) is 14.4 Å². The smallest absolute Gasteiger partial charge is 0.253 e. The summed E-state index contributed by atoms with van der Waals surface area (Å²) in [5.74, 6) is -0.599. The van der Waals surface area contributed by atoms with E-state index in [1.807, 2.05) is 0 Å². The third-order valence-electron chi connectivity index (χ3n) is 6.18. The molecule has 0 saturated carbocycles. The van der Waals surface area contributed by atoms with Crippen molar-refractivity contribution in [3.63, 3.8) is 0 Å². The van der Waals surface area contributed by atoms with Crippen LogP contribution in [-0.2, 0) is 9.53 Å². The molecule has 2 aromatic rings. The standard InChI is InChI=1S/C25H28FN3O6/c1-33-12-9-27-24(31)22(28-23(30)17-5-6-20-21(14-17)35-15-34-20)16-7-10-29(11-8-16)25(32)18-3-2-4-19(26)13-18/h2-6,13-14,16,22H,7-12,15H2,1H3,(H,27,31)(H,28,30)/t22-/m1/s1. The lowest BCUT2D eigenvalue weighted by atomic mass is 9.88. The van der Waals surface area contributed by atoms with Crippen LogP contribution >= 0.6 is 0 Å². The van der Waals surface area contributed by atoms with Gasteiger partial charge in [-0.2, -0.15) is 0 Å². The van der Waals surface area contributed by atoms with Gasteiger partial charge in [-0.05, 0) is 55.2 Å². The summed E-state index contributed by atoms with van der Waals surface area (Å²) in [7, 11) is 1.54. The largest absolute Gasteiger partial charge is 0.454 e. The quantitative estimate of drug-likeness (QED) is 0.554. The Kier molecular flexibility index (Phi) is 7.81. The predicted octanol–water partition coefficient (Wildman–Crippen LogP) is 1.97. The molecule has 1 saturated heterocycles. The molecule has 9 nitrogen and oxygen atoms in total. The molecule has 0 radical (unpaired) electrons. The summed E-state index contributed by atoms with van der Waals surface area (Å²) in [6, 6.07) is 9.64. The highest BCUT2D eigenvalue weighted by atomic mass is 19.1. The highest BCUT2D eigenvalue weighted by molar-refractivity contribution is 5.98. The Morgan fingerprint density at radius 1 is 1.09 bits per heavy atom. The van der Waals surface area contributed by atoms with E-state index in [0.717, 1.165) is 0 Å². The normalized spacial score (nSPS) is 16.0. The minimum atomic E-state index is -0.795. The number of nitrogens with zero attached hydrogens (tertiary/aromatic N) is 1. The lowest BCUT2D eigenvalue weighted by Gasteiger charge is -2.36. The van der Waals surface area contributed by atoms with Gasteiger partial charge >= 0.3 is 0 Å². The Balaban J connectivity index is 1.43. The highest BCUT2D eigenvalue weighted by Crippen LogP contribution is 2.32. The molecule has 2 N–H and O–H groups in total. The highest BCUT2D eigenvalue weighted by Gasteiger charge is 2.34. The van der Waals surface area contributed by atoms with Crippen LogP contribution in [0.25, 0.3) is 0 Å². The first-order valence-corrected chi connectivity index (χ1v) is 11.5. The monoisotopic (exact) mass is 485 g/mol. The van der Waals surface area contributed by atoms with Gasteiger partial charge in [0, 0.05) is 37.9 Å². The van der Waals surface area contributed by atoms with E-state index in [1.54, 1.807) is 29.2 Å². The minimum absolute atomic E-state index is 0.0951. The second-order valence-electron chi connectivity index (χ2n) is 8.44. The van der Waals surface area contributed by atoms with Crippen molar-refractivity contribution in [3.05, 3.63) is 59.4 Å². The van der Waals surface area contributed by atoms with Crippen LogP contribution in [0.15, 0.2) is 42.5 Å². The van der Waals surface area contributed by atoms with E-state index in [2.05, 4.69) is 10.6 Å². The number of piperidine rings is 1. The van der Waals surface area contributed by atoms with Crippen LogP contribution in [0.4, 0.5) is 4.39 Å². The van der Waals surface area contributed by atoms with Gasteiger partial charge < -0.3 is 29.7 Å². The maximum atomic E-state index is 13.5. The maximum Gasteiger partial charge on any atom is 0.253 e. The minimum Gasteiger partial charge on any atom is -0.454 e. The molecule has 186 valence electrons. The molecular formula is C25H28FN3O6. The zero-order valence-corrected chi connectivity index (χ0v) is 19.4. The summed E-state index contributed by atoms with van der Waals surface area (Å²) in [5, 5.41) is 5.66. The Hall–Kier alpha value is -3.66. The summed E-state index contributed by atoms with van der Waals surface area (Å²) in [5.41, 5.74) is 0.635. The molecule has 0 bridgehead atoms. The second kappa shape index (κ2) is 11.2. The number of hydrogen-bond donors (Lipinski definition) is 2. The van der Waals surface area contributed by atoms with Gasteiger partial charge in [0.1, 0.15) is 11.9 Å². The number of rotatable bonds is 8. The van der Waals surface area contributed by atoms with Crippen LogP contribution in [0.2, 0.25) is 0 Å². The maximum absolute atomic E-state index is 13.5. The molecular weight excluding hydrogens is 457 g/mol. The first-order valence-electron chi connectivity index (χ1n) is 11.5. The van der Waals surface area contributed by atoms with Gasteiger partial charge in [-0.1, -0.05) is 6.07 Å². The molecule has 35 heavy (non-hydrogen) atoms. The van der Waals surface area contributed by atoms with Crippen LogP contribution in [0.3, 0.4) is 0 Å². The topological polar surface area (TPSA) is 106 Å². The Morgan fingerprint density at radius 3 is 2.60 bits per heavy atom. The van der Waals surface area contributed by atoms with Crippen molar-refractivity contribution in [2.24, 2.45) is 5.92 Å². The number of hydrogen-bond acceptors (Lipinski definition) is 6. The SMILES string of the molecule is COCCNC(=O)[C@H](NC(=O)c1ccc2c(c1)OCO2)C1CCN(C(=O)c2cccc(F)c2)CC1. The summed E-state index contributed by atoms with van der Waals surface area (Å²) >= 11 is 0. The average molecular weight is 486 g/mol. The van der Waals surface area contributed by atoms with Crippen LogP contribution < -0.4 is 20.1 Å². The Morgan fingerprint density at radius 2 is 1.86 bits per heavy atom. The number of methoxy groups -OCH3 is 1. The van der Waals surface area contributed by atoms with E-state index in [-0.39, 0.29) is 30.1 Å². The number of amides is 3. The first-order chi connectivity index (χ1) is 17.0. The van der Waals surface area contributed by atoms with E-state index < -0.39 is 17.8 Å². The summed E-state index contributed by atoms with van der Waals surface area (Å²) < 4.78 is 29.2. The van der Waals surface area contributed by atoms with E-state index >= 15 is 0 Å². The van der Waals surface area contributed by atoms with Gasteiger partial charge in [0.2, 0.25) is 12.7 Å². The molecule has 0 aromatic heterocycles. The molecule has 3 amide bonds. The third-order valence-corrected chi connectivity index (χ3v) is 6.18. The van der Waals surface area contributed by atoms with Gasteiger partial charge in [0.15, 0.2) is 11.5 Å². The van der Waals surface area contributed by atoms with E-state index in [9.17, 15) is 18.8 Å². The molecule has 10 heteroatoms. The van der Waals surface area contributed by atoms with Crippen molar-refractivity contribution in [3.8, 4) is 11.5 Å². The lowest BCUT2D eigenvalue weighted by Crippen LogP contribution is -2.54. The number of benzene rings is 2. The number of halogens is 1. The molecule has 1 fully saturated rings. The third kappa shape index (κ3) is 5.89. The fourth-order valence-electron chi connectivity index (χ4n) is 4.29. The van der Waals surface area contributed by atoms with Crippen LogP contribution in [0.1, 0.15) is 33.6 Å². The van der Waals surface area contributed by atoms with Crippen molar-refractivity contribution < 1.29 is 33.0 Å². The average Bonchev–Trinajstić information content (AvgIpc) is 3.35. The van der Waals surface area contributed by atoms with Crippen molar-refractivity contribution in [2.75, 3.05) is 40.1 Å². The molecule has 0 spiro atoms. The van der Waals surface area contributed by atoms with Gasteiger partial charge in [-0.25, -0.2) is 4.39 Å². The molecule has 2 aliphatic heterocycles. The number of carbonyl (C=O) groups is 3. The first kappa shape index (κ1) is 24.5. The van der Waals surface area contributed by atoms with Crippen molar-refractivity contribution in [2.45, 2.75) is 18.9 Å².